The molecule has 12 nitrogen and oxygen atoms in total. The highest BCUT2D eigenvalue weighted by Gasteiger charge is 2.11. The van der Waals surface area contributed by atoms with E-state index in [0.29, 0.717) is 13.1 Å². The number of hydrogen-bond acceptors (Lipinski definition) is 8. The van der Waals surface area contributed by atoms with Crippen LogP contribution in [0.3, 0.4) is 0 Å². The molecule has 14 heteroatoms. The third kappa shape index (κ3) is 9.43. The van der Waals surface area contributed by atoms with Gasteiger partial charge in [-0.25, -0.2) is 14.4 Å². The number of ether oxygens (including phenoxy) is 2. The third-order valence-corrected chi connectivity index (χ3v) is 8.93. The number of nitrogens with zero attached hydrogens (tertiary/aromatic N) is 8. The quantitative estimate of drug-likeness (QED) is 0.127. The molecular formula is C42H40ClFN10O2. The molecule has 0 amide bonds. The molecule has 0 bridgehead atoms. The number of aryl methyl sites for hydroxylation is 2. The Morgan fingerprint density at radius 2 is 1.05 bits per heavy atom. The Kier molecular flexibility index (Phi) is 11.4. The molecule has 0 aliphatic heterocycles. The summed E-state index contributed by atoms with van der Waals surface area (Å²) in [6, 6.07) is 29.8. The Morgan fingerprint density at radius 3 is 1.46 bits per heavy atom. The molecule has 0 aliphatic carbocycles. The van der Waals surface area contributed by atoms with Gasteiger partial charge in [0.15, 0.2) is 11.6 Å². The van der Waals surface area contributed by atoms with Crippen LogP contribution >= 0.6 is 11.6 Å². The highest BCUT2D eigenvalue weighted by atomic mass is 35.5. The van der Waals surface area contributed by atoms with Crippen LogP contribution in [0.4, 0.5) is 27.4 Å². The van der Waals surface area contributed by atoms with E-state index in [1.165, 1.54) is 12.1 Å². The van der Waals surface area contributed by atoms with Crippen LogP contribution in [0.5, 0.6) is 11.5 Å². The van der Waals surface area contributed by atoms with Gasteiger partial charge in [0, 0.05) is 65.5 Å². The molecule has 0 spiro atoms. The first kappa shape index (κ1) is 37.5. The second kappa shape index (κ2) is 17.1. The zero-order valence-corrected chi connectivity index (χ0v) is 32.0. The van der Waals surface area contributed by atoms with Crippen LogP contribution < -0.4 is 20.1 Å². The van der Waals surface area contributed by atoms with Crippen LogP contribution in [0.1, 0.15) is 22.5 Å². The predicted octanol–water partition coefficient (Wildman–Crippen LogP) is 9.15. The van der Waals surface area contributed by atoms with E-state index in [0.717, 1.165) is 73.4 Å². The summed E-state index contributed by atoms with van der Waals surface area (Å²) < 4.78 is 31.7. The summed E-state index contributed by atoms with van der Waals surface area (Å²) in [5.74, 6) is 2.73. The van der Waals surface area contributed by atoms with Crippen LogP contribution in [0.25, 0.3) is 11.4 Å². The van der Waals surface area contributed by atoms with Crippen LogP contribution in [-0.4, -0.2) is 52.9 Å². The van der Waals surface area contributed by atoms with Gasteiger partial charge in [0.1, 0.15) is 17.3 Å². The topological polar surface area (TPSA) is 114 Å². The van der Waals surface area contributed by atoms with Gasteiger partial charge in [0.05, 0.1) is 62.7 Å². The number of imidazole rings is 2. The Hall–Kier alpha value is -6.86. The first-order valence-corrected chi connectivity index (χ1v) is 18.1. The monoisotopic (exact) mass is 770 g/mol. The predicted molar refractivity (Wildman–Crippen MR) is 217 cm³/mol. The average Bonchev–Trinajstić information content (AvgIpc) is 4.03. The lowest BCUT2D eigenvalue weighted by atomic mass is 10.2. The van der Waals surface area contributed by atoms with Gasteiger partial charge in [-0.3, -0.25) is 9.36 Å². The van der Waals surface area contributed by atoms with E-state index in [2.05, 4.69) is 30.8 Å². The van der Waals surface area contributed by atoms with Crippen molar-refractivity contribution in [3.05, 3.63) is 168 Å². The van der Waals surface area contributed by atoms with Gasteiger partial charge >= 0.3 is 0 Å². The largest absolute Gasteiger partial charge is 0.494 e. The molecule has 0 saturated heterocycles. The van der Waals surface area contributed by atoms with Gasteiger partial charge in [-0.1, -0.05) is 35.9 Å². The second-order valence-corrected chi connectivity index (χ2v) is 13.4. The maximum atomic E-state index is 13.0. The average molecular weight is 771 g/mol. The molecule has 0 atom stereocenters. The molecular weight excluding hydrogens is 731 g/mol. The van der Waals surface area contributed by atoms with Crippen molar-refractivity contribution in [3.63, 3.8) is 0 Å². The van der Waals surface area contributed by atoms with E-state index < -0.39 is 0 Å². The molecule has 2 N–H and O–H groups in total. The number of aromatic nitrogens is 8. The van der Waals surface area contributed by atoms with Gasteiger partial charge in [0.2, 0.25) is 0 Å². The molecule has 0 fully saturated rings. The minimum Gasteiger partial charge on any atom is -0.494 e. The zero-order chi connectivity index (χ0) is 39.0. The summed E-state index contributed by atoms with van der Waals surface area (Å²) in [5.41, 5.74) is 7.63. The van der Waals surface area contributed by atoms with E-state index >= 15 is 0 Å². The Labute approximate surface area is 328 Å². The normalized spacial score (nSPS) is 10.8. The molecule has 4 aromatic heterocycles. The molecule has 284 valence electrons. The summed E-state index contributed by atoms with van der Waals surface area (Å²) in [4.78, 5) is 8.53. The maximum Gasteiger partial charge on any atom is 0.152 e. The summed E-state index contributed by atoms with van der Waals surface area (Å²) in [5, 5.41) is 16.4. The fourth-order valence-corrected chi connectivity index (χ4v) is 6.05. The van der Waals surface area contributed by atoms with Crippen molar-refractivity contribution in [1.82, 2.24) is 38.7 Å². The number of benzene rings is 4. The first-order chi connectivity index (χ1) is 27.2. The fraction of sp³-hybridized carbons (Fsp3) is 0.143. The molecule has 4 heterocycles. The van der Waals surface area contributed by atoms with Crippen LogP contribution in [0, 0.1) is 19.7 Å². The van der Waals surface area contributed by atoms with Gasteiger partial charge < -0.3 is 29.2 Å². The van der Waals surface area contributed by atoms with Gasteiger partial charge in [-0.15, -0.1) is 0 Å². The molecule has 0 saturated carbocycles. The van der Waals surface area contributed by atoms with E-state index in [4.69, 9.17) is 21.1 Å². The maximum absolute atomic E-state index is 13.0. The lowest BCUT2D eigenvalue weighted by Crippen LogP contribution is -2.02. The Morgan fingerprint density at radius 1 is 0.607 bits per heavy atom. The van der Waals surface area contributed by atoms with Gasteiger partial charge in [0.25, 0.3) is 0 Å². The van der Waals surface area contributed by atoms with Crippen molar-refractivity contribution in [2.45, 2.75) is 26.9 Å². The lowest BCUT2D eigenvalue weighted by molar-refractivity contribution is 0.413. The fourth-order valence-electron chi connectivity index (χ4n) is 5.93. The summed E-state index contributed by atoms with van der Waals surface area (Å²) in [6.07, 6.45) is 11.3. The van der Waals surface area contributed by atoms with Gasteiger partial charge in [-0.05, 0) is 73.5 Å². The highest BCUT2D eigenvalue weighted by Crippen LogP contribution is 2.30. The summed E-state index contributed by atoms with van der Waals surface area (Å²) in [7, 11) is 3.30. The first-order valence-electron chi connectivity index (χ1n) is 17.7. The molecule has 0 unspecified atom stereocenters. The van der Waals surface area contributed by atoms with Crippen molar-refractivity contribution in [3.8, 4) is 22.9 Å². The van der Waals surface area contributed by atoms with Crippen molar-refractivity contribution < 1.29 is 13.9 Å². The van der Waals surface area contributed by atoms with Crippen LogP contribution in [-0.2, 0) is 13.1 Å². The number of rotatable bonds is 12. The van der Waals surface area contributed by atoms with E-state index in [9.17, 15) is 4.39 Å². The van der Waals surface area contributed by atoms with E-state index in [-0.39, 0.29) is 5.82 Å². The van der Waals surface area contributed by atoms with Crippen LogP contribution in [0.15, 0.2) is 135 Å². The standard InChI is InChI=1S/C21H20ClN5O.C21H20FN5O/c2*1-15-12-26(14-23-15)19-8-7-18(11-20(19)28-2)24-21-9-10-27(25-21)13-16-3-5-17(22)6-4-16/h2*3-12,14H,13H2,1-2H3,(H,24,25). The third-order valence-electron chi connectivity index (χ3n) is 8.68. The van der Waals surface area contributed by atoms with Crippen molar-refractivity contribution in [2.24, 2.45) is 0 Å². The molecule has 8 rings (SSSR count). The molecule has 56 heavy (non-hydrogen) atoms. The minimum absolute atomic E-state index is 0.241. The smallest absolute Gasteiger partial charge is 0.152 e. The van der Waals surface area contributed by atoms with Crippen molar-refractivity contribution >= 4 is 34.6 Å². The highest BCUT2D eigenvalue weighted by molar-refractivity contribution is 6.30. The number of hydrogen-bond donors (Lipinski definition) is 2. The molecule has 0 radical (unpaired) electrons. The number of anilines is 4. The lowest BCUT2D eigenvalue weighted by Gasteiger charge is -2.11. The number of methoxy groups -OCH3 is 2. The Bertz CT molecular complexity index is 2350. The molecule has 8 aromatic rings. The van der Waals surface area contributed by atoms with Crippen molar-refractivity contribution in [2.75, 3.05) is 24.9 Å². The second-order valence-electron chi connectivity index (χ2n) is 12.9. The van der Waals surface area contributed by atoms with Crippen LogP contribution in [0.2, 0.25) is 5.02 Å². The minimum atomic E-state index is -0.241. The van der Waals surface area contributed by atoms with Crippen molar-refractivity contribution in [1.29, 1.82) is 0 Å². The SMILES string of the molecule is COc1cc(Nc2ccn(Cc3ccc(Cl)cc3)n2)ccc1-n1cnc(C)c1.COc1cc(Nc2ccn(Cc3ccc(F)cc3)n2)ccc1-n1cnc(C)c1. The summed E-state index contributed by atoms with van der Waals surface area (Å²) in [6.45, 7) is 5.16. The number of halogens is 2. The number of nitrogens with one attached hydrogen (secondary N) is 2. The van der Waals surface area contributed by atoms with Gasteiger partial charge in [-0.2, -0.15) is 10.2 Å². The summed E-state index contributed by atoms with van der Waals surface area (Å²) >= 11 is 5.94. The Balaban J connectivity index is 0.000000172. The van der Waals surface area contributed by atoms with E-state index in [1.807, 2.05) is 125 Å². The molecule has 0 aliphatic rings. The zero-order valence-electron chi connectivity index (χ0n) is 31.3. The van der Waals surface area contributed by atoms with E-state index in [1.54, 1.807) is 43.7 Å². The molecule has 4 aromatic carbocycles.